The van der Waals surface area contributed by atoms with Crippen molar-refractivity contribution in [3.05, 3.63) is 0 Å². The average molecular weight is 667 g/mol. The molecule has 0 saturated carbocycles. The fraction of sp³-hybridized carbons (Fsp3) is 1.00. The van der Waals surface area contributed by atoms with Crippen molar-refractivity contribution in [2.45, 2.75) is 77.8 Å². The summed E-state index contributed by atoms with van der Waals surface area (Å²) in [4.78, 5) is 0. The molecule has 12 heteroatoms. The van der Waals surface area contributed by atoms with Crippen molar-refractivity contribution in [1.82, 2.24) is 0 Å². The first kappa shape index (κ1) is 27.0. The van der Waals surface area contributed by atoms with E-state index in [1.165, 1.54) is 0 Å². The van der Waals surface area contributed by atoms with Crippen molar-refractivity contribution in [2.24, 2.45) is 0 Å². The molecule has 4 nitrogen and oxygen atoms in total. The van der Waals surface area contributed by atoms with Crippen LogP contribution in [0, 0.1) is 0 Å². The van der Waals surface area contributed by atoms with Crippen LogP contribution < -0.4 is 0 Å². The minimum absolute atomic E-state index is 0.141. The van der Waals surface area contributed by atoms with Gasteiger partial charge in [0, 0.05) is 12.8 Å². The Morgan fingerprint density at radius 3 is 1.29 bits per heavy atom. The Balaban J connectivity index is 0.000000400. The zero-order valence-corrected chi connectivity index (χ0v) is 23.8. The van der Waals surface area contributed by atoms with Gasteiger partial charge in [-0.1, -0.05) is 23.6 Å². The van der Waals surface area contributed by atoms with Crippen molar-refractivity contribution < 1.29 is 18.1 Å². The van der Waals surface area contributed by atoms with E-state index >= 15 is 0 Å². The van der Waals surface area contributed by atoms with Crippen LogP contribution in [0.25, 0.3) is 0 Å². The monoisotopic (exact) mass is 666 g/mol. The molecule has 4 unspecified atom stereocenters. The van der Waals surface area contributed by atoms with Gasteiger partial charge in [0.2, 0.25) is 0 Å². The topological polar surface area (TPSA) is 36.9 Å². The molecule has 142 valence electrons. The Labute approximate surface area is 185 Å². The minimum atomic E-state index is -2.35. The van der Waals surface area contributed by atoms with Gasteiger partial charge in [0.15, 0.2) is 0 Å². The Morgan fingerprint density at radius 2 is 1.12 bits per heavy atom. The summed E-state index contributed by atoms with van der Waals surface area (Å²) in [5.41, 5.74) is -5.09. The predicted molar refractivity (Wildman–Crippen MR) is 116 cm³/mol. The van der Waals surface area contributed by atoms with Crippen LogP contribution >= 0.6 is 19.9 Å². The van der Waals surface area contributed by atoms with Crippen molar-refractivity contribution in [2.75, 3.05) is 0 Å². The van der Waals surface area contributed by atoms with Gasteiger partial charge in [-0.2, -0.15) is 0 Å². The Kier molecular flexibility index (Phi) is 12.0. The predicted octanol–water partition coefficient (Wildman–Crippen LogP) is 5.03. The molecule has 0 amide bonds. The van der Waals surface area contributed by atoms with Crippen LogP contribution in [-0.4, -0.2) is 46.9 Å². The second-order valence-corrected chi connectivity index (χ2v) is 16.6. The zero-order chi connectivity index (χ0) is 19.4. The fourth-order valence-electron chi connectivity index (χ4n) is 2.62. The molecule has 0 aromatic carbocycles. The van der Waals surface area contributed by atoms with Crippen LogP contribution in [0.3, 0.4) is 0 Å². The third-order valence-corrected chi connectivity index (χ3v) is 7.49. The van der Waals surface area contributed by atoms with Gasteiger partial charge in [-0.05, 0) is 41.5 Å². The SMILES string of the molecule is CC1CC(C)(C)OP(=S)([S-])O1.CC1CC(C)(C)OP(=S)([S-])O1.[Cl][Bi+2]. The summed E-state index contributed by atoms with van der Waals surface area (Å²) < 4.78 is 21.6. The normalized spacial score (nSPS) is 40.4. The van der Waals surface area contributed by atoms with Gasteiger partial charge in [-0.25, -0.2) is 0 Å². The molecule has 2 radical (unpaired) electrons. The second kappa shape index (κ2) is 10.7. The Morgan fingerprint density at radius 1 is 0.875 bits per heavy atom. The van der Waals surface area contributed by atoms with Gasteiger partial charge in [0.05, 0.1) is 34.8 Å². The molecule has 0 aliphatic carbocycles. The summed E-state index contributed by atoms with van der Waals surface area (Å²) in [6.07, 6.45) is 2.01. The van der Waals surface area contributed by atoms with E-state index in [9.17, 15) is 0 Å². The first-order valence-corrected chi connectivity index (χ1v) is 18.8. The quantitative estimate of drug-likeness (QED) is 0.203. The molecule has 2 fully saturated rings. The number of halogens is 1. The van der Waals surface area contributed by atoms with Crippen LogP contribution in [0.5, 0.6) is 0 Å². The first-order valence-electron chi connectivity index (χ1n) is 7.19. The van der Waals surface area contributed by atoms with E-state index in [1.807, 2.05) is 41.5 Å². The van der Waals surface area contributed by atoms with Gasteiger partial charge in [0.1, 0.15) is 0 Å². The van der Waals surface area contributed by atoms with E-state index in [1.54, 1.807) is 0 Å². The fourth-order valence-corrected chi connectivity index (χ4v) is 9.28. The van der Waals surface area contributed by atoms with Gasteiger partial charge in [0.25, 0.3) is 0 Å². The molecule has 0 aromatic heterocycles. The van der Waals surface area contributed by atoms with Gasteiger partial charge >= 0.3 is 32.0 Å². The summed E-state index contributed by atoms with van der Waals surface area (Å²) in [6.45, 7) is 12.0. The molecule has 4 atom stereocenters. The van der Waals surface area contributed by atoms with Crippen molar-refractivity contribution in [1.29, 1.82) is 0 Å². The van der Waals surface area contributed by atoms with Crippen LogP contribution in [0.15, 0.2) is 0 Å². The first-order chi connectivity index (χ1) is 10.6. The summed E-state index contributed by atoms with van der Waals surface area (Å²) >= 11 is 20.9. The zero-order valence-electron chi connectivity index (χ0n) is 14.6. The summed E-state index contributed by atoms with van der Waals surface area (Å²) in [6, 6.07) is 0. The summed E-state index contributed by atoms with van der Waals surface area (Å²) in [5, 5.41) is 0. The van der Waals surface area contributed by atoms with E-state index in [2.05, 4.69) is 0 Å². The molecule has 2 rings (SSSR count). The molecule has 2 heterocycles. The maximum atomic E-state index is 5.45. The van der Waals surface area contributed by atoms with Gasteiger partial charge < -0.3 is 42.6 Å². The van der Waals surface area contributed by atoms with Crippen LogP contribution in [0.2, 0.25) is 0 Å². The number of hydrogen-bond donors (Lipinski definition) is 0. The summed E-state index contributed by atoms with van der Waals surface area (Å²) in [5.74, 6) is 0. The molecule has 2 saturated heterocycles. The van der Waals surface area contributed by atoms with E-state index in [0.29, 0.717) is 0 Å². The molecular formula is C12H24BiClO4P2S4. The number of rotatable bonds is 0. The third-order valence-electron chi connectivity index (χ3n) is 2.89. The van der Waals surface area contributed by atoms with Crippen molar-refractivity contribution in [3.8, 4) is 0 Å². The molecule has 0 aromatic rings. The van der Waals surface area contributed by atoms with E-state index in [4.69, 9.17) is 74.7 Å². The van der Waals surface area contributed by atoms with Crippen molar-refractivity contribution >= 4 is 91.5 Å². The molecule has 0 bridgehead atoms. The second-order valence-electron chi connectivity index (χ2n) is 6.84. The molecular weight excluding hydrogens is 643 g/mol. The summed E-state index contributed by atoms with van der Waals surface area (Å²) in [7, 11) is 4.75. The maximum absolute atomic E-state index is 5.45. The van der Waals surface area contributed by atoms with Gasteiger partial charge in [-0.15, -0.1) is 0 Å². The Bertz CT molecular complexity index is 465. The molecule has 0 spiro atoms. The molecule has 2 aliphatic rings. The van der Waals surface area contributed by atoms with Crippen LogP contribution in [0.4, 0.5) is 0 Å². The van der Waals surface area contributed by atoms with Crippen molar-refractivity contribution in [3.63, 3.8) is 0 Å². The van der Waals surface area contributed by atoms with Gasteiger partial charge in [-0.3, -0.25) is 0 Å². The van der Waals surface area contributed by atoms with E-state index < -0.39 is 11.4 Å². The average Bonchev–Trinajstić information content (AvgIpc) is 2.21. The van der Waals surface area contributed by atoms with Crippen LogP contribution in [-0.2, 0) is 66.2 Å². The van der Waals surface area contributed by atoms with E-state index in [0.717, 1.165) is 36.4 Å². The van der Waals surface area contributed by atoms with Crippen LogP contribution in [0.1, 0.15) is 54.4 Å². The third kappa shape index (κ3) is 11.8. The molecule has 24 heavy (non-hydrogen) atoms. The molecule has 0 N–H and O–H groups in total. The number of hydrogen-bond acceptors (Lipinski definition) is 8. The standard InChI is InChI=1S/2C6H13O2PS2.Bi.ClH/c2*1-5-4-6(2,3)8-9(10,11)7-5;;/h2*5H,4H2,1-3H3,(H,10,11);;1H/q;;+3;/p-3. The molecule has 2 aliphatic heterocycles. The Hall–Kier alpha value is 3.01. The van der Waals surface area contributed by atoms with E-state index in [-0.39, 0.29) is 23.4 Å².